The Bertz CT molecular complexity index is 263. The van der Waals surface area contributed by atoms with Gasteiger partial charge >= 0.3 is 0 Å². The van der Waals surface area contributed by atoms with Crippen LogP contribution in [0, 0.1) is 11.8 Å². The zero-order valence-corrected chi connectivity index (χ0v) is 12.1. The molecule has 1 aliphatic rings. The van der Waals surface area contributed by atoms with E-state index in [9.17, 15) is 9.90 Å². The minimum atomic E-state index is -0.465. The Labute approximate surface area is 115 Å². The Morgan fingerprint density at radius 1 is 1.32 bits per heavy atom. The second kappa shape index (κ2) is 8.51. The van der Waals surface area contributed by atoms with Gasteiger partial charge in [0.2, 0.25) is 5.91 Å². The van der Waals surface area contributed by atoms with Gasteiger partial charge in [0.25, 0.3) is 0 Å². The van der Waals surface area contributed by atoms with Crippen LogP contribution in [0.4, 0.5) is 0 Å². The molecule has 0 aromatic heterocycles. The molecule has 0 aliphatic heterocycles. The van der Waals surface area contributed by atoms with Gasteiger partial charge < -0.3 is 20.9 Å². The van der Waals surface area contributed by atoms with Crippen molar-refractivity contribution < 1.29 is 14.6 Å². The number of carbonyl (C=O) groups excluding carboxylic acids is 1. The van der Waals surface area contributed by atoms with Gasteiger partial charge in [-0.2, -0.15) is 0 Å². The average molecular weight is 272 g/mol. The number of aliphatic hydroxyl groups excluding tert-OH is 1. The summed E-state index contributed by atoms with van der Waals surface area (Å²) >= 11 is 0. The second-order valence-electron chi connectivity index (χ2n) is 5.94. The highest BCUT2D eigenvalue weighted by atomic mass is 16.5. The van der Waals surface area contributed by atoms with Crippen LogP contribution in [0.25, 0.3) is 0 Å². The second-order valence-corrected chi connectivity index (χ2v) is 5.94. The minimum absolute atomic E-state index is 0.0392. The van der Waals surface area contributed by atoms with Crippen LogP contribution in [0.3, 0.4) is 0 Å². The summed E-state index contributed by atoms with van der Waals surface area (Å²) in [6.45, 7) is 5.77. The number of primary amides is 1. The highest BCUT2D eigenvalue weighted by molar-refractivity contribution is 5.76. The molecule has 5 heteroatoms. The number of amides is 1. The van der Waals surface area contributed by atoms with Crippen LogP contribution in [0.15, 0.2) is 0 Å². The van der Waals surface area contributed by atoms with E-state index in [4.69, 9.17) is 10.5 Å². The smallest absolute Gasteiger partial charge is 0.220 e. The number of nitrogens with two attached hydrogens (primary N) is 1. The molecule has 1 saturated carbocycles. The minimum Gasteiger partial charge on any atom is -0.389 e. The average Bonchev–Trinajstić information content (AvgIpc) is 2.36. The number of nitrogens with one attached hydrogen (secondary N) is 1. The summed E-state index contributed by atoms with van der Waals surface area (Å²) in [4.78, 5) is 11.0. The summed E-state index contributed by atoms with van der Waals surface area (Å²) in [7, 11) is 0. The summed E-state index contributed by atoms with van der Waals surface area (Å²) in [5, 5.41) is 13.1. The number of hydrogen-bond acceptors (Lipinski definition) is 4. The predicted octanol–water partition coefficient (Wildman–Crippen LogP) is 0.654. The van der Waals surface area contributed by atoms with Gasteiger partial charge in [-0.3, -0.25) is 4.79 Å². The maximum Gasteiger partial charge on any atom is 0.220 e. The molecule has 0 spiro atoms. The van der Waals surface area contributed by atoms with Gasteiger partial charge in [0.15, 0.2) is 0 Å². The van der Waals surface area contributed by atoms with E-state index in [2.05, 4.69) is 19.2 Å². The monoisotopic (exact) mass is 272 g/mol. The van der Waals surface area contributed by atoms with Crippen molar-refractivity contribution in [3.8, 4) is 0 Å². The normalized spacial score (nSPS) is 25.5. The zero-order chi connectivity index (χ0) is 14.3. The SMILES string of the molecule is CC(C)COCC(O)CNC1CCC(C(N)=O)CC1. The molecule has 1 unspecified atom stereocenters. The molecule has 19 heavy (non-hydrogen) atoms. The van der Waals surface area contributed by atoms with E-state index in [-0.39, 0.29) is 11.8 Å². The van der Waals surface area contributed by atoms with Crippen LogP contribution in [0.5, 0.6) is 0 Å². The van der Waals surface area contributed by atoms with Crippen molar-refractivity contribution in [3.63, 3.8) is 0 Å². The topological polar surface area (TPSA) is 84.6 Å². The number of carbonyl (C=O) groups is 1. The van der Waals surface area contributed by atoms with E-state index in [1.807, 2.05) is 0 Å². The first-order chi connectivity index (χ1) is 8.99. The number of ether oxygens (including phenoxy) is 1. The van der Waals surface area contributed by atoms with Crippen LogP contribution in [-0.4, -0.2) is 42.9 Å². The summed E-state index contributed by atoms with van der Waals surface area (Å²) < 4.78 is 5.39. The maximum atomic E-state index is 11.0. The largest absolute Gasteiger partial charge is 0.389 e. The molecule has 1 fully saturated rings. The molecule has 5 nitrogen and oxygen atoms in total. The molecule has 0 bridgehead atoms. The number of hydrogen-bond donors (Lipinski definition) is 3. The Balaban J connectivity index is 2.08. The zero-order valence-electron chi connectivity index (χ0n) is 12.1. The van der Waals surface area contributed by atoms with Gasteiger partial charge in [0.1, 0.15) is 0 Å². The molecule has 0 aromatic rings. The molecule has 0 heterocycles. The predicted molar refractivity (Wildman–Crippen MR) is 74.6 cm³/mol. The Kier molecular flexibility index (Phi) is 7.34. The lowest BCUT2D eigenvalue weighted by molar-refractivity contribution is -0.122. The third kappa shape index (κ3) is 6.89. The maximum absolute atomic E-state index is 11.0. The van der Waals surface area contributed by atoms with Gasteiger partial charge in [-0.1, -0.05) is 13.8 Å². The Morgan fingerprint density at radius 3 is 2.47 bits per heavy atom. The van der Waals surface area contributed by atoms with E-state index in [0.717, 1.165) is 25.7 Å². The quantitative estimate of drug-likeness (QED) is 0.606. The van der Waals surface area contributed by atoms with Gasteiger partial charge in [-0.25, -0.2) is 0 Å². The van der Waals surface area contributed by atoms with Gasteiger partial charge in [-0.05, 0) is 31.6 Å². The van der Waals surface area contributed by atoms with Crippen molar-refractivity contribution in [1.29, 1.82) is 0 Å². The lowest BCUT2D eigenvalue weighted by atomic mass is 9.85. The third-order valence-electron chi connectivity index (χ3n) is 3.53. The third-order valence-corrected chi connectivity index (χ3v) is 3.53. The van der Waals surface area contributed by atoms with E-state index < -0.39 is 6.10 Å². The highest BCUT2D eigenvalue weighted by Gasteiger charge is 2.24. The van der Waals surface area contributed by atoms with Crippen molar-refractivity contribution in [3.05, 3.63) is 0 Å². The molecule has 1 amide bonds. The summed E-state index contributed by atoms with van der Waals surface area (Å²) in [5.74, 6) is 0.349. The summed E-state index contributed by atoms with van der Waals surface area (Å²) in [6.07, 6.45) is 3.15. The summed E-state index contributed by atoms with van der Waals surface area (Å²) in [6, 6.07) is 0.385. The van der Waals surface area contributed by atoms with Crippen LogP contribution >= 0.6 is 0 Å². The van der Waals surface area contributed by atoms with E-state index >= 15 is 0 Å². The van der Waals surface area contributed by atoms with E-state index in [0.29, 0.717) is 31.7 Å². The standard InChI is InChI=1S/C14H28N2O3/c1-10(2)8-19-9-13(17)7-16-12-5-3-11(4-6-12)14(15)18/h10-13,16-17H,3-9H2,1-2H3,(H2,15,18). The van der Waals surface area contributed by atoms with Crippen LogP contribution in [0.1, 0.15) is 39.5 Å². The fraction of sp³-hybridized carbons (Fsp3) is 0.929. The fourth-order valence-electron chi connectivity index (χ4n) is 2.38. The van der Waals surface area contributed by atoms with Crippen LogP contribution in [-0.2, 0) is 9.53 Å². The van der Waals surface area contributed by atoms with Crippen molar-refractivity contribution >= 4 is 5.91 Å². The first kappa shape index (κ1) is 16.4. The lowest BCUT2D eigenvalue weighted by Crippen LogP contribution is -2.41. The van der Waals surface area contributed by atoms with Gasteiger partial charge in [0.05, 0.1) is 12.7 Å². The molecule has 0 radical (unpaired) electrons. The molecule has 112 valence electrons. The first-order valence-electron chi connectivity index (χ1n) is 7.27. The van der Waals surface area contributed by atoms with Crippen molar-refractivity contribution in [1.82, 2.24) is 5.32 Å². The Hall–Kier alpha value is -0.650. The van der Waals surface area contributed by atoms with Crippen LogP contribution in [0.2, 0.25) is 0 Å². The van der Waals surface area contributed by atoms with Crippen molar-refractivity contribution in [2.75, 3.05) is 19.8 Å². The molecular weight excluding hydrogens is 244 g/mol. The number of rotatable bonds is 8. The molecule has 1 rings (SSSR count). The van der Waals surface area contributed by atoms with E-state index in [1.165, 1.54) is 0 Å². The molecule has 0 saturated heterocycles. The van der Waals surface area contributed by atoms with Crippen molar-refractivity contribution in [2.24, 2.45) is 17.6 Å². The van der Waals surface area contributed by atoms with Crippen LogP contribution < -0.4 is 11.1 Å². The Morgan fingerprint density at radius 2 is 1.95 bits per heavy atom. The fourth-order valence-corrected chi connectivity index (χ4v) is 2.38. The summed E-state index contributed by atoms with van der Waals surface area (Å²) in [5.41, 5.74) is 5.30. The molecule has 4 N–H and O–H groups in total. The molecule has 0 aromatic carbocycles. The van der Waals surface area contributed by atoms with Gasteiger partial charge in [-0.15, -0.1) is 0 Å². The molecule has 1 aliphatic carbocycles. The number of aliphatic hydroxyl groups is 1. The highest BCUT2D eigenvalue weighted by Crippen LogP contribution is 2.23. The van der Waals surface area contributed by atoms with Crippen molar-refractivity contribution in [2.45, 2.75) is 51.7 Å². The lowest BCUT2D eigenvalue weighted by Gasteiger charge is -2.28. The van der Waals surface area contributed by atoms with E-state index in [1.54, 1.807) is 0 Å². The molecule has 1 atom stereocenters. The first-order valence-corrected chi connectivity index (χ1v) is 7.27. The molecular formula is C14H28N2O3. The van der Waals surface area contributed by atoms with Gasteiger partial charge in [0, 0.05) is 25.1 Å².